The van der Waals surface area contributed by atoms with E-state index < -0.39 is 0 Å². The minimum absolute atomic E-state index is 0.144. The smallest absolute Gasteiger partial charge is 0.138 e. The highest BCUT2D eigenvalue weighted by Crippen LogP contribution is 2.39. The lowest BCUT2D eigenvalue weighted by molar-refractivity contribution is 0.0866. The second-order valence-electron chi connectivity index (χ2n) is 13.9. The van der Waals surface area contributed by atoms with Crippen LogP contribution in [-0.4, -0.2) is 48.5 Å². The molecule has 0 spiro atoms. The molecule has 12 heteroatoms. The summed E-state index contributed by atoms with van der Waals surface area (Å²) in [6.45, 7) is 9.11. The third-order valence-corrected chi connectivity index (χ3v) is 9.92. The molecule has 1 fully saturated rings. The Morgan fingerprint density at radius 3 is 2.48 bits per heavy atom. The number of nitrogens with one attached hydrogen (secondary N) is 2. The van der Waals surface area contributed by atoms with Crippen LogP contribution in [0.2, 0.25) is 10.0 Å². The van der Waals surface area contributed by atoms with E-state index in [1.807, 2.05) is 59.3 Å². The predicted octanol–water partition coefficient (Wildman–Crippen LogP) is 9.36. The zero-order chi connectivity index (χ0) is 36.2. The summed E-state index contributed by atoms with van der Waals surface area (Å²) in [6, 6.07) is 27.0. The average Bonchev–Trinajstić information content (AvgIpc) is 3.64. The molecule has 1 aliphatic heterocycles. The van der Waals surface area contributed by atoms with Crippen molar-refractivity contribution in [3.63, 3.8) is 0 Å². The van der Waals surface area contributed by atoms with Crippen LogP contribution in [0.1, 0.15) is 68.2 Å². The van der Waals surface area contributed by atoms with E-state index in [4.69, 9.17) is 32.9 Å². The molecule has 6 aromatic rings. The van der Waals surface area contributed by atoms with Gasteiger partial charge in [0.15, 0.2) is 0 Å². The number of rotatable bonds is 10. The molecule has 7 rings (SSSR count). The van der Waals surface area contributed by atoms with E-state index in [1.54, 1.807) is 24.5 Å². The molecule has 1 atom stereocenters. The van der Waals surface area contributed by atoms with Crippen LogP contribution in [0.5, 0.6) is 5.75 Å². The standard InChI is InChI=1S/C40H39Cl2N9O/c1-40(2,3)50-17-14-31(15-18-50)51-24-35(48-49-51)38(26-9-5-4-6-10-26)47-34-20-28(41)19-32-37(27(22-43)23-45-39(32)34)46-29-12-13-36(33(42)21-29)52-25-30-11-7-8-16-44-30/h4-13,16,19-21,23-24,31,38,47H,14-15,17-18,25H2,1-3H3,(H,45,46)/t38-/m0/s1. The minimum Gasteiger partial charge on any atom is -0.486 e. The Balaban J connectivity index is 1.18. The summed E-state index contributed by atoms with van der Waals surface area (Å²) in [5, 5.41) is 28.1. The Morgan fingerprint density at radius 1 is 0.981 bits per heavy atom. The topological polar surface area (TPSA) is 117 Å². The second-order valence-corrected chi connectivity index (χ2v) is 14.7. The van der Waals surface area contributed by atoms with Crippen LogP contribution in [-0.2, 0) is 6.61 Å². The highest BCUT2D eigenvalue weighted by atomic mass is 35.5. The van der Waals surface area contributed by atoms with Crippen LogP contribution in [0.25, 0.3) is 10.9 Å². The first kappa shape index (κ1) is 35.2. The molecule has 0 amide bonds. The van der Waals surface area contributed by atoms with E-state index in [2.05, 4.69) is 76.0 Å². The molecule has 3 aromatic heterocycles. The quantitative estimate of drug-likeness (QED) is 0.142. The summed E-state index contributed by atoms with van der Waals surface area (Å²) in [5.41, 5.74) is 5.63. The van der Waals surface area contributed by atoms with E-state index in [9.17, 15) is 5.26 Å². The lowest BCUT2D eigenvalue weighted by Gasteiger charge is -2.40. The highest BCUT2D eigenvalue weighted by molar-refractivity contribution is 6.32. The Morgan fingerprint density at radius 2 is 1.77 bits per heavy atom. The zero-order valence-electron chi connectivity index (χ0n) is 29.2. The molecule has 10 nitrogen and oxygen atoms in total. The van der Waals surface area contributed by atoms with Crippen molar-refractivity contribution in [1.29, 1.82) is 5.26 Å². The van der Waals surface area contributed by atoms with E-state index in [0.29, 0.717) is 49.3 Å². The number of fused-ring (bicyclic) bond motifs is 1. The van der Waals surface area contributed by atoms with E-state index in [1.165, 1.54) is 0 Å². The van der Waals surface area contributed by atoms with Gasteiger partial charge in [0, 0.05) is 47.1 Å². The minimum atomic E-state index is -0.349. The lowest BCUT2D eigenvalue weighted by atomic mass is 9.98. The van der Waals surface area contributed by atoms with Gasteiger partial charge in [-0.1, -0.05) is 64.8 Å². The molecule has 3 aromatic carbocycles. The molecule has 2 N–H and O–H groups in total. The normalized spacial score (nSPS) is 14.5. The molecule has 0 unspecified atom stereocenters. The Kier molecular flexibility index (Phi) is 10.3. The Hall–Kier alpha value is -5.21. The van der Waals surface area contributed by atoms with Gasteiger partial charge in [-0.2, -0.15) is 5.26 Å². The van der Waals surface area contributed by atoms with Gasteiger partial charge in [0.05, 0.1) is 51.5 Å². The zero-order valence-corrected chi connectivity index (χ0v) is 30.7. The summed E-state index contributed by atoms with van der Waals surface area (Å²) in [4.78, 5) is 11.6. The number of likely N-dealkylation sites (tertiary alicyclic amines) is 1. The van der Waals surface area contributed by atoms with E-state index >= 15 is 0 Å². The van der Waals surface area contributed by atoms with Crippen molar-refractivity contribution < 1.29 is 4.74 Å². The number of halogens is 2. The monoisotopic (exact) mass is 731 g/mol. The van der Waals surface area contributed by atoms with Crippen molar-refractivity contribution in [3.8, 4) is 11.8 Å². The summed E-state index contributed by atoms with van der Waals surface area (Å²) < 4.78 is 7.93. The van der Waals surface area contributed by atoms with Crippen molar-refractivity contribution in [2.75, 3.05) is 23.7 Å². The maximum atomic E-state index is 10.1. The molecule has 264 valence electrons. The summed E-state index contributed by atoms with van der Waals surface area (Å²) in [6.07, 6.45) is 7.35. The molecule has 0 aliphatic carbocycles. The number of benzene rings is 3. The highest BCUT2D eigenvalue weighted by Gasteiger charge is 2.29. The van der Waals surface area contributed by atoms with Gasteiger partial charge in [-0.05, 0) is 81.6 Å². The number of anilines is 3. The molecule has 52 heavy (non-hydrogen) atoms. The van der Waals surface area contributed by atoms with Crippen LogP contribution in [0.15, 0.2) is 97.5 Å². The van der Waals surface area contributed by atoms with Crippen LogP contribution >= 0.6 is 23.2 Å². The van der Waals surface area contributed by atoms with Crippen LogP contribution < -0.4 is 15.4 Å². The number of piperidine rings is 1. The third kappa shape index (κ3) is 7.82. The maximum Gasteiger partial charge on any atom is 0.138 e. The number of hydrogen-bond donors (Lipinski definition) is 2. The molecular formula is C40H39Cl2N9O. The Labute approximate surface area is 313 Å². The van der Waals surface area contributed by atoms with Gasteiger partial charge >= 0.3 is 0 Å². The predicted molar refractivity (Wildman–Crippen MR) is 206 cm³/mol. The van der Waals surface area contributed by atoms with Crippen LogP contribution in [0.4, 0.5) is 17.1 Å². The maximum absolute atomic E-state index is 10.1. The van der Waals surface area contributed by atoms with Crippen molar-refractivity contribution in [3.05, 3.63) is 130 Å². The van der Waals surface area contributed by atoms with Crippen molar-refractivity contribution in [2.24, 2.45) is 0 Å². The fourth-order valence-corrected chi connectivity index (χ4v) is 7.06. The van der Waals surface area contributed by atoms with Crippen molar-refractivity contribution in [1.82, 2.24) is 29.9 Å². The van der Waals surface area contributed by atoms with E-state index in [-0.39, 0.29) is 24.2 Å². The van der Waals surface area contributed by atoms with Crippen LogP contribution in [0, 0.1) is 11.3 Å². The van der Waals surface area contributed by atoms with Crippen molar-refractivity contribution >= 4 is 51.2 Å². The van der Waals surface area contributed by atoms with Gasteiger partial charge in [0.1, 0.15) is 24.1 Å². The van der Waals surface area contributed by atoms with Gasteiger partial charge in [-0.3, -0.25) is 14.9 Å². The third-order valence-electron chi connectivity index (χ3n) is 9.40. The first-order chi connectivity index (χ1) is 25.2. The molecule has 1 aliphatic rings. The molecule has 4 heterocycles. The number of hydrogen-bond acceptors (Lipinski definition) is 9. The molecule has 0 radical (unpaired) electrons. The van der Waals surface area contributed by atoms with Crippen LogP contribution in [0.3, 0.4) is 0 Å². The summed E-state index contributed by atoms with van der Waals surface area (Å²) >= 11 is 13.4. The van der Waals surface area contributed by atoms with Gasteiger partial charge < -0.3 is 15.4 Å². The first-order valence-electron chi connectivity index (χ1n) is 17.3. The fraction of sp³-hybridized carbons (Fsp3) is 0.275. The van der Waals surface area contributed by atoms with Gasteiger partial charge in [-0.25, -0.2) is 4.68 Å². The van der Waals surface area contributed by atoms with Crippen molar-refractivity contribution in [2.45, 2.75) is 57.8 Å². The number of ether oxygens (including phenoxy) is 1. The Bertz CT molecular complexity index is 2210. The van der Waals surface area contributed by atoms with Gasteiger partial charge in [0.2, 0.25) is 0 Å². The lowest BCUT2D eigenvalue weighted by Crippen LogP contribution is -2.46. The number of nitriles is 1. The fourth-order valence-electron chi connectivity index (χ4n) is 6.60. The molecular weight excluding hydrogens is 693 g/mol. The van der Waals surface area contributed by atoms with Gasteiger partial charge in [0.25, 0.3) is 0 Å². The number of nitrogens with zero attached hydrogens (tertiary/aromatic N) is 7. The molecule has 1 saturated heterocycles. The largest absolute Gasteiger partial charge is 0.486 e. The summed E-state index contributed by atoms with van der Waals surface area (Å²) in [5.74, 6) is 0.520. The average molecular weight is 733 g/mol. The second kappa shape index (κ2) is 15.2. The molecule has 0 bridgehead atoms. The number of pyridine rings is 2. The SMILES string of the molecule is CC(C)(C)N1CCC(n2cc([C@@H](Nc3cc(Cl)cc4c(Nc5ccc(OCc6ccccn6)c(Cl)c5)c(C#N)cnc34)c3ccccc3)nn2)CC1. The van der Waals surface area contributed by atoms with Gasteiger partial charge in [-0.15, -0.1) is 5.10 Å². The number of aromatic nitrogens is 5. The summed E-state index contributed by atoms with van der Waals surface area (Å²) in [7, 11) is 0. The first-order valence-corrected chi connectivity index (χ1v) is 18.0. The van der Waals surface area contributed by atoms with E-state index in [0.717, 1.165) is 42.9 Å². The molecule has 0 saturated carbocycles.